The minimum absolute atomic E-state index is 0.627. The van der Waals surface area contributed by atoms with E-state index in [1.807, 2.05) is 42.5 Å². The van der Waals surface area contributed by atoms with E-state index < -0.39 is 0 Å². The molecule has 0 fully saturated rings. The number of rotatable bonds is 4. The maximum Gasteiger partial charge on any atom is 0.143 e. The topological polar surface area (TPSA) is 53.6 Å². The normalized spacial score (nSPS) is 11.0. The molecule has 0 aliphatic heterocycles. The molecule has 2 aromatic carbocycles. The first kappa shape index (κ1) is 17.3. The van der Waals surface area contributed by atoms with E-state index in [1.54, 1.807) is 6.07 Å². The number of aromatic nitrogens is 3. The van der Waals surface area contributed by atoms with Crippen molar-refractivity contribution in [2.24, 2.45) is 0 Å². The fraction of sp³-hybridized carbons (Fsp3) is 0.0526. The van der Waals surface area contributed by atoms with Crippen LogP contribution in [-0.2, 0) is 6.42 Å². The molecule has 130 valence electrons. The lowest BCUT2D eigenvalue weighted by Crippen LogP contribution is -1.94. The molecule has 2 aromatic heterocycles. The van der Waals surface area contributed by atoms with E-state index in [4.69, 9.17) is 23.2 Å². The van der Waals surface area contributed by atoms with Gasteiger partial charge in [0, 0.05) is 32.3 Å². The smallest absolute Gasteiger partial charge is 0.143 e. The van der Waals surface area contributed by atoms with Crippen LogP contribution in [0.15, 0.2) is 59.3 Å². The maximum absolute atomic E-state index is 6.29. The Morgan fingerprint density at radius 3 is 2.73 bits per heavy atom. The summed E-state index contributed by atoms with van der Waals surface area (Å²) in [6.45, 7) is 0. The van der Waals surface area contributed by atoms with Crippen molar-refractivity contribution in [2.75, 3.05) is 5.32 Å². The van der Waals surface area contributed by atoms with Gasteiger partial charge in [0.05, 0.1) is 5.39 Å². The predicted octanol–water partition coefficient (Wildman–Crippen LogP) is 6.36. The van der Waals surface area contributed by atoms with Crippen molar-refractivity contribution in [1.82, 2.24) is 15.0 Å². The van der Waals surface area contributed by atoms with Gasteiger partial charge in [-0.1, -0.05) is 51.3 Å². The number of halogens is 3. The molecule has 0 aliphatic rings. The number of fused-ring (bicyclic) bond motifs is 1. The Morgan fingerprint density at radius 1 is 1.04 bits per heavy atom. The summed E-state index contributed by atoms with van der Waals surface area (Å²) in [5, 5.41) is 5.54. The third kappa shape index (κ3) is 3.70. The van der Waals surface area contributed by atoms with Crippen molar-refractivity contribution in [1.29, 1.82) is 0 Å². The number of hydrogen-bond donors (Lipinski definition) is 2. The van der Waals surface area contributed by atoms with Crippen molar-refractivity contribution in [3.8, 4) is 0 Å². The number of anilines is 2. The molecule has 26 heavy (non-hydrogen) atoms. The summed E-state index contributed by atoms with van der Waals surface area (Å²) < 4.78 is 1.000. The van der Waals surface area contributed by atoms with Crippen molar-refractivity contribution in [2.45, 2.75) is 6.42 Å². The highest BCUT2D eigenvalue weighted by Crippen LogP contribution is 2.28. The number of benzene rings is 2. The molecule has 4 nitrogen and oxygen atoms in total. The highest BCUT2D eigenvalue weighted by atomic mass is 79.9. The van der Waals surface area contributed by atoms with Gasteiger partial charge in [-0.15, -0.1) is 0 Å². The molecule has 0 saturated carbocycles. The van der Waals surface area contributed by atoms with Gasteiger partial charge in [0.1, 0.15) is 17.8 Å². The summed E-state index contributed by atoms with van der Waals surface area (Å²) in [7, 11) is 0. The number of aromatic amines is 1. The molecule has 0 spiro atoms. The highest BCUT2D eigenvalue weighted by molar-refractivity contribution is 9.10. The molecule has 0 bridgehead atoms. The van der Waals surface area contributed by atoms with E-state index in [-0.39, 0.29) is 0 Å². The quantitative estimate of drug-likeness (QED) is 0.382. The van der Waals surface area contributed by atoms with Crippen LogP contribution in [0.5, 0.6) is 0 Å². The van der Waals surface area contributed by atoms with Gasteiger partial charge < -0.3 is 10.3 Å². The third-order valence-electron chi connectivity index (χ3n) is 3.96. The van der Waals surface area contributed by atoms with Gasteiger partial charge in [-0.25, -0.2) is 9.97 Å². The van der Waals surface area contributed by atoms with Crippen molar-refractivity contribution < 1.29 is 0 Å². The third-order valence-corrected chi connectivity index (χ3v) is 5.05. The van der Waals surface area contributed by atoms with Crippen molar-refractivity contribution in [3.63, 3.8) is 0 Å². The molecule has 0 radical (unpaired) electrons. The average Bonchev–Trinajstić information content (AvgIpc) is 3.01. The Bertz CT molecular complexity index is 1090. The largest absolute Gasteiger partial charge is 0.343 e. The molecule has 2 N–H and O–H groups in total. The van der Waals surface area contributed by atoms with Gasteiger partial charge in [0.15, 0.2) is 0 Å². The molecule has 0 saturated heterocycles. The summed E-state index contributed by atoms with van der Waals surface area (Å²) in [6.07, 6.45) is 2.20. The molecular formula is C19H13BrCl2N4. The monoisotopic (exact) mass is 446 g/mol. The second kappa shape index (κ2) is 7.27. The molecule has 0 amide bonds. The molecule has 0 unspecified atom stereocenters. The Hall–Kier alpha value is -2.08. The first-order valence-corrected chi connectivity index (χ1v) is 9.42. The van der Waals surface area contributed by atoms with Crippen molar-refractivity contribution >= 4 is 61.7 Å². The standard InChI is InChI=1S/C19H13BrCl2N4/c20-12-2-1-3-14(7-12)25-18-16-9-15(26-19(16)24-10-23-18)6-11-4-5-13(21)8-17(11)22/h1-5,7-10H,6H2,(H2,23,24,25,26). The average molecular weight is 448 g/mol. The highest BCUT2D eigenvalue weighted by Gasteiger charge is 2.10. The Labute approximate surface area is 168 Å². The maximum atomic E-state index is 6.29. The molecule has 7 heteroatoms. The molecular weight excluding hydrogens is 435 g/mol. The summed E-state index contributed by atoms with van der Waals surface area (Å²) in [6, 6.07) is 15.5. The van der Waals surface area contributed by atoms with Crippen LogP contribution < -0.4 is 5.32 Å². The van der Waals surface area contributed by atoms with Crippen LogP contribution in [0.3, 0.4) is 0 Å². The molecule has 0 atom stereocenters. The summed E-state index contributed by atoms with van der Waals surface area (Å²) >= 11 is 15.7. The summed E-state index contributed by atoms with van der Waals surface area (Å²) in [5.41, 5.74) is 3.72. The van der Waals surface area contributed by atoms with Gasteiger partial charge in [-0.2, -0.15) is 0 Å². The van der Waals surface area contributed by atoms with E-state index in [1.165, 1.54) is 6.33 Å². The molecule has 4 rings (SSSR count). The van der Waals surface area contributed by atoms with Crippen LogP contribution in [0.2, 0.25) is 10.0 Å². The van der Waals surface area contributed by atoms with Crippen LogP contribution in [0.1, 0.15) is 11.3 Å². The Morgan fingerprint density at radius 2 is 1.92 bits per heavy atom. The number of nitrogens with zero attached hydrogens (tertiary/aromatic N) is 2. The first-order chi connectivity index (χ1) is 12.6. The minimum Gasteiger partial charge on any atom is -0.343 e. The second-order valence-corrected chi connectivity index (χ2v) is 7.59. The van der Waals surface area contributed by atoms with Gasteiger partial charge in [-0.05, 0) is 42.0 Å². The van der Waals surface area contributed by atoms with Gasteiger partial charge in [0.2, 0.25) is 0 Å². The van der Waals surface area contributed by atoms with Gasteiger partial charge in [0.25, 0.3) is 0 Å². The van der Waals surface area contributed by atoms with E-state index in [0.29, 0.717) is 16.5 Å². The van der Waals surface area contributed by atoms with E-state index >= 15 is 0 Å². The minimum atomic E-state index is 0.627. The van der Waals surface area contributed by atoms with Crippen LogP contribution in [-0.4, -0.2) is 15.0 Å². The lowest BCUT2D eigenvalue weighted by atomic mass is 10.1. The Kier molecular flexibility index (Phi) is 4.85. The van der Waals surface area contributed by atoms with Gasteiger partial charge in [-0.3, -0.25) is 0 Å². The van der Waals surface area contributed by atoms with Crippen LogP contribution >= 0.6 is 39.1 Å². The van der Waals surface area contributed by atoms with Crippen LogP contribution in [0.25, 0.3) is 11.0 Å². The molecule has 4 aromatic rings. The zero-order valence-electron chi connectivity index (χ0n) is 13.4. The zero-order valence-corrected chi connectivity index (χ0v) is 16.5. The second-order valence-electron chi connectivity index (χ2n) is 5.83. The van der Waals surface area contributed by atoms with E-state index in [2.05, 4.69) is 36.2 Å². The van der Waals surface area contributed by atoms with Crippen LogP contribution in [0, 0.1) is 0 Å². The first-order valence-electron chi connectivity index (χ1n) is 7.87. The molecule has 0 aliphatic carbocycles. The SMILES string of the molecule is Clc1ccc(Cc2cc3c(Nc4cccc(Br)c4)ncnc3[nH]2)c(Cl)c1. The van der Waals surface area contributed by atoms with E-state index in [9.17, 15) is 0 Å². The van der Waals surface area contributed by atoms with Crippen LogP contribution in [0.4, 0.5) is 11.5 Å². The lowest BCUT2D eigenvalue weighted by molar-refractivity contribution is 1.10. The Balaban J connectivity index is 1.67. The number of H-pyrrole nitrogens is 1. The number of hydrogen-bond acceptors (Lipinski definition) is 3. The summed E-state index contributed by atoms with van der Waals surface area (Å²) in [4.78, 5) is 12.0. The predicted molar refractivity (Wildman–Crippen MR) is 111 cm³/mol. The molecule has 2 heterocycles. The fourth-order valence-electron chi connectivity index (χ4n) is 2.76. The fourth-order valence-corrected chi connectivity index (χ4v) is 3.64. The zero-order chi connectivity index (χ0) is 18.1. The lowest BCUT2D eigenvalue weighted by Gasteiger charge is -2.06. The number of nitrogens with one attached hydrogen (secondary N) is 2. The van der Waals surface area contributed by atoms with Crippen molar-refractivity contribution in [3.05, 3.63) is 80.6 Å². The van der Waals surface area contributed by atoms with E-state index in [0.717, 1.165) is 38.3 Å². The summed E-state index contributed by atoms with van der Waals surface area (Å²) in [5.74, 6) is 0.748. The van der Waals surface area contributed by atoms with Gasteiger partial charge >= 0.3 is 0 Å².